The number of carbonyl (C=O) groups excluding carboxylic acids is 2. The van der Waals surface area contributed by atoms with Gasteiger partial charge in [-0.3, -0.25) is 19.5 Å². The van der Waals surface area contributed by atoms with E-state index < -0.39 is 12.1 Å². The smallest absolute Gasteiger partial charge is 0.259 e. The number of nitrogens with zero attached hydrogens (tertiary/aromatic N) is 2. The molecule has 6 heteroatoms. The van der Waals surface area contributed by atoms with Crippen molar-refractivity contribution in [2.24, 2.45) is 0 Å². The summed E-state index contributed by atoms with van der Waals surface area (Å²) in [6.45, 7) is 6.84. The second-order valence-electron chi connectivity index (χ2n) is 9.86. The fourth-order valence-electron chi connectivity index (χ4n) is 4.35. The molecule has 1 aliphatic carbocycles. The SMILES string of the molecule is CC(C)(C)c1ccc(N(C(=O)[C@@H]2CO2)[C@@H](C(=O)NC2CCCCC2)c2cccnc2)cc1. The van der Waals surface area contributed by atoms with Crippen molar-refractivity contribution in [1.82, 2.24) is 10.3 Å². The Hall–Kier alpha value is -2.73. The summed E-state index contributed by atoms with van der Waals surface area (Å²) in [7, 11) is 0. The quantitative estimate of drug-likeness (QED) is 0.687. The third-order valence-electron chi connectivity index (χ3n) is 6.32. The molecule has 1 saturated heterocycles. The number of anilines is 1. The molecule has 0 radical (unpaired) electrons. The van der Waals surface area contributed by atoms with Crippen molar-refractivity contribution in [2.75, 3.05) is 11.5 Å². The van der Waals surface area contributed by atoms with Crippen molar-refractivity contribution >= 4 is 17.5 Å². The van der Waals surface area contributed by atoms with Gasteiger partial charge in [-0.05, 0) is 42.0 Å². The van der Waals surface area contributed by atoms with Crippen molar-refractivity contribution in [1.29, 1.82) is 0 Å². The van der Waals surface area contributed by atoms with E-state index in [2.05, 4.69) is 31.1 Å². The Balaban J connectivity index is 1.71. The van der Waals surface area contributed by atoms with E-state index in [0.717, 1.165) is 25.7 Å². The van der Waals surface area contributed by atoms with Gasteiger partial charge in [-0.2, -0.15) is 0 Å². The van der Waals surface area contributed by atoms with Crippen LogP contribution in [0.4, 0.5) is 5.69 Å². The van der Waals surface area contributed by atoms with Crippen LogP contribution in [0.3, 0.4) is 0 Å². The zero-order valence-corrected chi connectivity index (χ0v) is 19.2. The topological polar surface area (TPSA) is 74.8 Å². The molecule has 1 saturated carbocycles. The molecule has 2 atom stereocenters. The lowest BCUT2D eigenvalue weighted by molar-refractivity contribution is -0.127. The van der Waals surface area contributed by atoms with Crippen molar-refractivity contribution in [3.05, 3.63) is 59.9 Å². The summed E-state index contributed by atoms with van der Waals surface area (Å²) in [5.74, 6) is -0.361. The highest BCUT2D eigenvalue weighted by molar-refractivity contribution is 6.04. The van der Waals surface area contributed by atoms with Crippen LogP contribution in [0.15, 0.2) is 48.8 Å². The minimum atomic E-state index is -0.803. The van der Waals surface area contributed by atoms with E-state index in [9.17, 15) is 9.59 Å². The van der Waals surface area contributed by atoms with E-state index in [4.69, 9.17) is 4.74 Å². The minimum absolute atomic E-state index is 0.00587. The number of nitrogens with one attached hydrogen (secondary N) is 1. The molecule has 170 valence electrons. The molecular formula is C26H33N3O3. The van der Waals surface area contributed by atoms with Crippen LogP contribution in [-0.2, 0) is 19.7 Å². The number of carbonyl (C=O) groups is 2. The highest BCUT2D eigenvalue weighted by Crippen LogP contribution is 2.33. The number of epoxide rings is 1. The summed E-state index contributed by atoms with van der Waals surface area (Å²) in [5.41, 5.74) is 2.54. The fourth-order valence-corrected chi connectivity index (χ4v) is 4.35. The van der Waals surface area contributed by atoms with Gasteiger partial charge in [-0.25, -0.2) is 0 Å². The number of hydrogen-bond donors (Lipinski definition) is 1. The van der Waals surface area contributed by atoms with Gasteiger partial charge in [-0.15, -0.1) is 0 Å². The number of ether oxygens (including phenoxy) is 1. The highest BCUT2D eigenvalue weighted by Gasteiger charge is 2.42. The van der Waals surface area contributed by atoms with Crippen LogP contribution < -0.4 is 10.2 Å². The van der Waals surface area contributed by atoms with Crippen LogP contribution in [-0.4, -0.2) is 35.6 Å². The molecule has 1 N–H and O–H groups in total. The summed E-state index contributed by atoms with van der Waals surface area (Å²) in [5, 5.41) is 3.22. The molecule has 1 aromatic heterocycles. The Kier molecular flexibility index (Phi) is 6.60. The third kappa shape index (κ3) is 5.18. The van der Waals surface area contributed by atoms with Gasteiger partial charge in [0.25, 0.3) is 5.91 Å². The van der Waals surface area contributed by atoms with E-state index in [1.165, 1.54) is 12.0 Å². The minimum Gasteiger partial charge on any atom is -0.363 e. The van der Waals surface area contributed by atoms with E-state index >= 15 is 0 Å². The molecule has 2 aromatic rings. The lowest BCUT2D eigenvalue weighted by atomic mass is 9.87. The fraction of sp³-hybridized carbons (Fsp3) is 0.500. The van der Waals surface area contributed by atoms with Gasteiger partial charge in [0.15, 0.2) is 6.10 Å². The number of amides is 2. The first-order valence-corrected chi connectivity index (χ1v) is 11.6. The van der Waals surface area contributed by atoms with Crippen LogP contribution >= 0.6 is 0 Å². The summed E-state index contributed by atoms with van der Waals surface area (Å²) >= 11 is 0. The molecule has 1 aliphatic heterocycles. The van der Waals surface area contributed by atoms with Crippen LogP contribution in [0, 0.1) is 0 Å². The third-order valence-corrected chi connectivity index (χ3v) is 6.32. The predicted molar refractivity (Wildman–Crippen MR) is 124 cm³/mol. The number of rotatable bonds is 6. The van der Waals surface area contributed by atoms with Gasteiger partial charge in [0.1, 0.15) is 6.04 Å². The van der Waals surface area contributed by atoms with Crippen molar-refractivity contribution in [3.63, 3.8) is 0 Å². The first-order chi connectivity index (χ1) is 15.3. The van der Waals surface area contributed by atoms with Gasteiger partial charge in [-0.1, -0.05) is 58.2 Å². The van der Waals surface area contributed by atoms with E-state index in [0.29, 0.717) is 17.9 Å². The molecule has 2 fully saturated rings. The number of pyridine rings is 1. The molecule has 1 aromatic carbocycles. The standard InChI is InChI=1S/C26H33N3O3/c1-26(2,3)19-11-13-21(14-12-19)29(25(31)22-17-32-22)23(18-8-7-15-27-16-18)24(30)28-20-9-5-4-6-10-20/h7-8,11-16,20,22-23H,4-6,9-10,17H2,1-3H3,(H,28,30)/t22-,23+/m0/s1. The Labute approximate surface area is 190 Å². The lowest BCUT2D eigenvalue weighted by Gasteiger charge is -2.33. The van der Waals surface area contributed by atoms with Gasteiger partial charge in [0.2, 0.25) is 5.91 Å². The molecule has 2 aliphatic rings. The molecule has 2 amide bonds. The Bertz CT molecular complexity index is 927. The maximum absolute atomic E-state index is 13.6. The second-order valence-corrected chi connectivity index (χ2v) is 9.86. The summed E-state index contributed by atoms with van der Waals surface area (Å²) in [4.78, 5) is 32.9. The summed E-state index contributed by atoms with van der Waals surface area (Å²) < 4.78 is 5.33. The Morgan fingerprint density at radius 2 is 1.78 bits per heavy atom. The molecule has 4 rings (SSSR count). The first kappa shape index (κ1) is 22.5. The van der Waals surface area contributed by atoms with Crippen LogP contribution in [0.25, 0.3) is 0 Å². The first-order valence-electron chi connectivity index (χ1n) is 11.6. The maximum atomic E-state index is 13.6. The number of hydrogen-bond acceptors (Lipinski definition) is 4. The van der Waals surface area contributed by atoms with Gasteiger partial charge < -0.3 is 10.1 Å². The number of benzene rings is 1. The van der Waals surface area contributed by atoms with E-state index in [1.54, 1.807) is 23.4 Å². The van der Waals surface area contributed by atoms with Crippen molar-refractivity contribution in [3.8, 4) is 0 Å². The molecular weight excluding hydrogens is 402 g/mol. The van der Waals surface area contributed by atoms with Gasteiger partial charge in [0, 0.05) is 29.7 Å². The summed E-state index contributed by atoms with van der Waals surface area (Å²) in [6.07, 6.45) is 8.25. The van der Waals surface area contributed by atoms with Gasteiger partial charge in [0.05, 0.1) is 6.61 Å². The maximum Gasteiger partial charge on any atom is 0.259 e. The highest BCUT2D eigenvalue weighted by atomic mass is 16.6. The normalized spacial score (nSPS) is 19.8. The van der Waals surface area contributed by atoms with Crippen LogP contribution in [0.2, 0.25) is 0 Å². The Morgan fingerprint density at radius 3 is 2.34 bits per heavy atom. The van der Waals surface area contributed by atoms with E-state index in [1.807, 2.05) is 30.3 Å². The van der Waals surface area contributed by atoms with Crippen LogP contribution in [0.1, 0.15) is 70.0 Å². The molecule has 0 unspecified atom stereocenters. The average Bonchev–Trinajstić information content (AvgIpc) is 3.63. The average molecular weight is 436 g/mol. The molecule has 0 bridgehead atoms. The van der Waals surface area contributed by atoms with Crippen LogP contribution in [0.5, 0.6) is 0 Å². The largest absolute Gasteiger partial charge is 0.363 e. The second kappa shape index (κ2) is 9.41. The molecule has 2 heterocycles. The zero-order chi connectivity index (χ0) is 22.7. The van der Waals surface area contributed by atoms with Crippen molar-refractivity contribution < 1.29 is 14.3 Å². The molecule has 6 nitrogen and oxygen atoms in total. The molecule has 0 spiro atoms. The predicted octanol–water partition coefficient (Wildman–Crippen LogP) is 4.30. The molecule has 32 heavy (non-hydrogen) atoms. The van der Waals surface area contributed by atoms with Crippen molar-refractivity contribution in [2.45, 2.75) is 76.5 Å². The lowest BCUT2D eigenvalue weighted by Crippen LogP contribution is -2.48. The Morgan fingerprint density at radius 1 is 1.09 bits per heavy atom. The van der Waals surface area contributed by atoms with Gasteiger partial charge >= 0.3 is 0 Å². The monoisotopic (exact) mass is 435 g/mol. The zero-order valence-electron chi connectivity index (χ0n) is 19.2. The van der Waals surface area contributed by atoms with E-state index in [-0.39, 0.29) is 23.3 Å². The number of aromatic nitrogens is 1. The summed E-state index contributed by atoms with van der Waals surface area (Å²) in [6, 6.07) is 10.9.